The highest BCUT2D eigenvalue weighted by Crippen LogP contribution is 2.23. The molecule has 16 heavy (non-hydrogen) atoms. The summed E-state index contributed by atoms with van der Waals surface area (Å²) in [5.41, 5.74) is -0.448. The zero-order chi connectivity index (χ0) is 12.1. The molecule has 0 amide bonds. The Morgan fingerprint density at radius 2 is 2.12 bits per heavy atom. The topological polar surface area (TPSA) is 108 Å². The number of carbonyl (C=O) groups is 1. The Morgan fingerprint density at radius 1 is 1.44 bits per heavy atom. The molecule has 0 radical (unpaired) electrons. The second-order valence-corrected chi connectivity index (χ2v) is 2.90. The van der Waals surface area contributed by atoms with Crippen molar-refractivity contribution in [2.75, 3.05) is 0 Å². The second-order valence-electron chi connectivity index (χ2n) is 2.90. The van der Waals surface area contributed by atoms with Gasteiger partial charge in [0.2, 0.25) is 0 Å². The average molecular weight is 215 g/mol. The van der Waals surface area contributed by atoms with E-state index in [1.54, 1.807) is 6.07 Å². The van der Waals surface area contributed by atoms with E-state index in [0.717, 1.165) is 6.07 Å². The molecule has 0 saturated heterocycles. The molecule has 0 heterocycles. The lowest BCUT2D eigenvalue weighted by Crippen LogP contribution is -1.99. The molecule has 0 aliphatic carbocycles. The number of benzene rings is 1. The lowest BCUT2D eigenvalue weighted by atomic mass is 10.0. The van der Waals surface area contributed by atoms with Crippen molar-refractivity contribution in [1.29, 1.82) is 10.5 Å². The molecule has 1 aromatic rings. The molecule has 0 aliphatic rings. The highest BCUT2D eigenvalue weighted by Gasteiger charge is 2.19. The molecule has 0 atom stereocenters. The Bertz CT molecular complexity index is 537. The van der Waals surface area contributed by atoms with Crippen molar-refractivity contribution in [3.63, 3.8) is 0 Å². The van der Waals surface area contributed by atoms with Crippen LogP contribution in [0.15, 0.2) is 12.1 Å². The molecule has 78 valence electrons. The van der Waals surface area contributed by atoms with Gasteiger partial charge in [0.25, 0.3) is 5.69 Å². The van der Waals surface area contributed by atoms with Gasteiger partial charge in [-0.25, -0.2) is 0 Å². The summed E-state index contributed by atoms with van der Waals surface area (Å²) in [4.78, 5) is 20.6. The molecule has 0 saturated carbocycles. The lowest BCUT2D eigenvalue weighted by Gasteiger charge is -2.01. The van der Waals surface area contributed by atoms with Gasteiger partial charge in [0, 0.05) is 11.6 Å². The Hall–Kier alpha value is -2.73. The Morgan fingerprint density at radius 3 is 2.56 bits per heavy atom. The molecule has 0 spiro atoms. The SMILES string of the molecule is N#CCc1cc(C=O)c(C#N)c([N+](=O)[O-])c1. The predicted molar refractivity (Wildman–Crippen MR) is 52.5 cm³/mol. The summed E-state index contributed by atoms with van der Waals surface area (Å²) in [5, 5.41) is 27.8. The Kier molecular flexibility index (Phi) is 3.31. The van der Waals surface area contributed by atoms with Crippen LogP contribution in [0.5, 0.6) is 0 Å². The van der Waals surface area contributed by atoms with E-state index in [1.807, 2.05) is 6.07 Å². The summed E-state index contributed by atoms with van der Waals surface area (Å²) in [5.74, 6) is 0. The number of aldehydes is 1. The molecule has 6 nitrogen and oxygen atoms in total. The quantitative estimate of drug-likeness (QED) is 0.429. The third-order valence-corrected chi connectivity index (χ3v) is 1.93. The summed E-state index contributed by atoms with van der Waals surface area (Å²) < 4.78 is 0. The van der Waals surface area contributed by atoms with Crippen LogP contribution in [0, 0.1) is 32.8 Å². The van der Waals surface area contributed by atoms with E-state index in [4.69, 9.17) is 10.5 Å². The zero-order valence-corrected chi connectivity index (χ0v) is 8.01. The number of rotatable bonds is 3. The first-order chi connectivity index (χ1) is 7.63. The van der Waals surface area contributed by atoms with Crippen LogP contribution in [0.3, 0.4) is 0 Å². The van der Waals surface area contributed by atoms with Crippen LogP contribution in [-0.4, -0.2) is 11.2 Å². The molecule has 0 N–H and O–H groups in total. The third kappa shape index (κ3) is 2.02. The first kappa shape index (κ1) is 11.3. The molecular formula is C10H5N3O3. The van der Waals surface area contributed by atoms with E-state index >= 15 is 0 Å². The smallest absolute Gasteiger partial charge is 0.288 e. The molecule has 1 rings (SSSR count). The first-order valence-corrected chi connectivity index (χ1v) is 4.17. The molecular weight excluding hydrogens is 210 g/mol. The number of hydrogen-bond donors (Lipinski definition) is 0. The predicted octanol–water partition coefficient (Wildman–Crippen LogP) is 1.35. The third-order valence-electron chi connectivity index (χ3n) is 1.93. The van der Waals surface area contributed by atoms with E-state index < -0.39 is 10.6 Å². The van der Waals surface area contributed by atoms with E-state index in [-0.39, 0.29) is 17.5 Å². The summed E-state index contributed by atoms with van der Waals surface area (Å²) in [6.07, 6.45) is 0.319. The molecule has 0 fully saturated rings. The number of nitrogens with zero attached hydrogens (tertiary/aromatic N) is 3. The fourth-order valence-corrected chi connectivity index (χ4v) is 1.26. The summed E-state index contributed by atoms with van der Waals surface area (Å²) in [7, 11) is 0. The van der Waals surface area contributed by atoms with E-state index in [1.165, 1.54) is 6.07 Å². The van der Waals surface area contributed by atoms with Crippen molar-refractivity contribution in [3.05, 3.63) is 38.9 Å². The Labute approximate surface area is 90.5 Å². The summed E-state index contributed by atoms with van der Waals surface area (Å²) in [6, 6.07) is 5.87. The molecule has 0 aliphatic heterocycles. The standard InChI is InChI=1S/C10H5N3O3/c11-2-1-7-3-8(6-14)9(5-12)10(4-7)13(15)16/h3-4,6H,1H2. The highest BCUT2D eigenvalue weighted by atomic mass is 16.6. The number of hydrogen-bond acceptors (Lipinski definition) is 5. The maximum atomic E-state index is 10.7. The largest absolute Gasteiger partial charge is 0.298 e. The van der Waals surface area contributed by atoms with Crippen molar-refractivity contribution in [1.82, 2.24) is 0 Å². The van der Waals surface area contributed by atoms with Gasteiger partial charge >= 0.3 is 0 Å². The van der Waals surface area contributed by atoms with Crippen LogP contribution < -0.4 is 0 Å². The first-order valence-electron chi connectivity index (χ1n) is 4.17. The van der Waals surface area contributed by atoms with Gasteiger partial charge in [-0.2, -0.15) is 10.5 Å². The van der Waals surface area contributed by atoms with Gasteiger partial charge < -0.3 is 0 Å². The minimum Gasteiger partial charge on any atom is -0.298 e. The van der Waals surface area contributed by atoms with Crippen molar-refractivity contribution in [3.8, 4) is 12.1 Å². The number of nitriles is 2. The number of nitro benzene ring substituents is 1. The molecule has 0 unspecified atom stereocenters. The van der Waals surface area contributed by atoms with Gasteiger partial charge in [-0.1, -0.05) is 0 Å². The summed E-state index contributed by atoms with van der Waals surface area (Å²) >= 11 is 0. The maximum absolute atomic E-state index is 10.7. The fraction of sp³-hybridized carbons (Fsp3) is 0.100. The fourth-order valence-electron chi connectivity index (χ4n) is 1.26. The minimum absolute atomic E-state index is 0.0482. The molecule has 6 heteroatoms. The van der Waals surface area contributed by atoms with Crippen LogP contribution in [0.4, 0.5) is 5.69 Å². The average Bonchev–Trinajstić information content (AvgIpc) is 2.28. The molecule has 0 bridgehead atoms. The van der Waals surface area contributed by atoms with Crippen LogP contribution in [0.2, 0.25) is 0 Å². The van der Waals surface area contributed by atoms with Gasteiger partial charge in [-0.15, -0.1) is 0 Å². The normalized spacial score (nSPS) is 8.88. The zero-order valence-electron chi connectivity index (χ0n) is 8.01. The number of nitro groups is 1. The van der Waals surface area contributed by atoms with Gasteiger partial charge in [0.05, 0.1) is 17.4 Å². The van der Waals surface area contributed by atoms with Crippen LogP contribution >= 0.6 is 0 Å². The minimum atomic E-state index is -0.744. The maximum Gasteiger partial charge on any atom is 0.288 e. The van der Waals surface area contributed by atoms with Crippen LogP contribution in [-0.2, 0) is 6.42 Å². The van der Waals surface area contributed by atoms with Gasteiger partial charge in [-0.05, 0) is 11.6 Å². The van der Waals surface area contributed by atoms with Gasteiger partial charge in [0.1, 0.15) is 11.6 Å². The molecule has 1 aromatic carbocycles. The van der Waals surface area contributed by atoms with Crippen molar-refractivity contribution < 1.29 is 9.72 Å². The van der Waals surface area contributed by atoms with E-state index in [2.05, 4.69) is 0 Å². The van der Waals surface area contributed by atoms with Crippen molar-refractivity contribution >= 4 is 12.0 Å². The summed E-state index contributed by atoms with van der Waals surface area (Å²) in [6.45, 7) is 0. The van der Waals surface area contributed by atoms with Crippen LogP contribution in [0.25, 0.3) is 0 Å². The Balaban J connectivity index is 3.52. The van der Waals surface area contributed by atoms with Crippen LogP contribution in [0.1, 0.15) is 21.5 Å². The van der Waals surface area contributed by atoms with E-state index in [9.17, 15) is 14.9 Å². The highest BCUT2D eigenvalue weighted by molar-refractivity contribution is 5.82. The second kappa shape index (κ2) is 4.67. The number of carbonyl (C=O) groups excluding carboxylic acids is 1. The van der Waals surface area contributed by atoms with Gasteiger partial charge in [-0.3, -0.25) is 14.9 Å². The van der Waals surface area contributed by atoms with Crippen molar-refractivity contribution in [2.45, 2.75) is 6.42 Å². The lowest BCUT2D eigenvalue weighted by molar-refractivity contribution is -0.385. The van der Waals surface area contributed by atoms with Crippen molar-refractivity contribution in [2.24, 2.45) is 0 Å². The van der Waals surface area contributed by atoms with E-state index in [0.29, 0.717) is 11.8 Å². The van der Waals surface area contributed by atoms with Gasteiger partial charge in [0.15, 0.2) is 6.29 Å². The monoisotopic (exact) mass is 215 g/mol. The molecule has 0 aromatic heterocycles.